The van der Waals surface area contributed by atoms with Gasteiger partial charge in [0.25, 0.3) is 0 Å². The van der Waals surface area contributed by atoms with E-state index >= 15 is 0 Å². The van der Waals surface area contributed by atoms with Crippen LogP contribution in [0.2, 0.25) is 0 Å². The molecule has 1 aliphatic rings. The Bertz CT molecular complexity index is 1330. The fourth-order valence-corrected chi connectivity index (χ4v) is 5.68. The molecule has 9 heteroatoms. The number of esters is 1. The molecule has 1 aromatic heterocycles. The van der Waals surface area contributed by atoms with Gasteiger partial charge < -0.3 is 18.7 Å². The molecule has 4 rings (SSSR count). The molecule has 1 aliphatic heterocycles. The smallest absolute Gasteiger partial charge is 0.306 e. The van der Waals surface area contributed by atoms with Crippen LogP contribution in [0.25, 0.3) is 10.9 Å². The lowest BCUT2D eigenvalue weighted by atomic mass is 9.92. The van der Waals surface area contributed by atoms with E-state index in [-0.39, 0.29) is 30.1 Å². The SMILES string of the molecule is CCCCCCCCCC(=O)OC(COc1ccc(C(C)=O)cc1OC)CN1CCC(c2onc3cc(F)ccc23)CC1. The van der Waals surface area contributed by atoms with Crippen LogP contribution in [0.5, 0.6) is 11.5 Å². The lowest BCUT2D eigenvalue weighted by Crippen LogP contribution is -2.42. The van der Waals surface area contributed by atoms with Crippen LogP contribution in [0.1, 0.15) is 100 Å². The third kappa shape index (κ3) is 9.51. The molecule has 0 radical (unpaired) electrons. The van der Waals surface area contributed by atoms with Gasteiger partial charge in [0.05, 0.1) is 7.11 Å². The number of piperidine rings is 1. The van der Waals surface area contributed by atoms with Crippen LogP contribution < -0.4 is 9.47 Å². The Kier molecular flexibility index (Phi) is 12.4. The number of carbonyl (C=O) groups excluding carboxylic acids is 2. The van der Waals surface area contributed by atoms with E-state index in [0.717, 1.165) is 56.3 Å². The summed E-state index contributed by atoms with van der Waals surface area (Å²) in [6, 6.07) is 9.64. The van der Waals surface area contributed by atoms with E-state index < -0.39 is 6.10 Å². The van der Waals surface area contributed by atoms with Crippen molar-refractivity contribution in [3.63, 3.8) is 0 Å². The average Bonchev–Trinajstić information content (AvgIpc) is 3.42. The second-order valence-corrected chi connectivity index (χ2v) is 11.5. The van der Waals surface area contributed by atoms with Crippen molar-refractivity contribution in [2.24, 2.45) is 0 Å². The van der Waals surface area contributed by atoms with Crippen LogP contribution in [0, 0.1) is 5.82 Å². The van der Waals surface area contributed by atoms with Crippen LogP contribution in [-0.4, -0.2) is 61.3 Å². The Balaban J connectivity index is 1.34. The Morgan fingerprint density at radius 1 is 1.02 bits per heavy atom. The number of carbonyl (C=O) groups is 2. The largest absolute Gasteiger partial charge is 0.493 e. The highest BCUT2D eigenvalue weighted by molar-refractivity contribution is 5.94. The number of ketones is 1. The van der Waals surface area contributed by atoms with E-state index in [9.17, 15) is 14.0 Å². The molecular weight excluding hydrogens is 551 g/mol. The molecule has 1 fully saturated rings. The van der Waals surface area contributed by atoms with Crippen molar-refractivity contribution in [2.75, 3.05) is 33.4 Å². The number of aromatic nitrogens is 1. The van der Waals surface area contributed by atoms with Crippen molar-refractivity contribution >= 4 is 22.7 Å². The number of nitrogens with zero attached hydrogens (tertiary/aromatic N) is 2. The van der Waals surface area contributed by atoms with Crippen molar-refractivity contribution in [1.29, 1.82) is 0 Å². The van der Waals surface area contributed by atoms with Crippen molar-refractivity contribution in [2.45, 2.75) is 90.1 Å². The van der Waals surface area contributed by atoms with Crippen molar-refractivity contribution < 1.29 is 32.7 Å². The minimum Gasteiger partial charge on any atom is -0.493 e. The number of methoxy groups -OCH3 is 1. The summed E-state index contributed by atoms with van der Waals surface area (Å²) >= 11 is 0. The maximum Gasteiger partial charge on any atom is 0.306 e. The highest BCUT2D eigenvalue weighted by Gasteiger charge is 2.28. The topological polar surface area (TPSA) is 91.1 Å². The van der Waals surface area contributed by atoms with E-state index in [0.29, 0.717) is 35.5 Å². The Labute approximate surface area is 253 Å². The lowest BCUT2D eigenvalue weighted by Gasteiger charge is -2.33. The molecule has 0 spiro atoms. The minimum atomic E-state index is -0.472. The predicted octanol–water partition coefficient (Wildman–Crippen LogP) is 7.49. The third-order valence-electron chi connectivity index (χ3n) is 8.17. The standard InChI is InChI=1S/C34H45FN2O6/c1-4-5-6-7-8-9-10-11-33(39)42-28(23-41-31-15-12-26(24(2)38)20-32(31)40-3)22-37-18-16-25(17-19-37)34-29-14-13-27(35)21-30(29)36-43-34/h12-15,20-21,25,28H,4-11,16-19,22-23H2,1-3H3. The lowest BCUT2D eigenvalue weighted by molar-refractivity contribution is -0.152. The fraction of sp³-hybridized carbons (Fsp3) is 0.559. The number of unbranched alkanes of at least 4 members (excludes halogenated alkanes) is 6. The summed E-state index contributed by atoms with van der Waals surface area (Å²) in [6.45, 7) is 5.98. The molecule has 0 bridgehead atoms. The molecule has 1 atom stereocenters. The van der Waals surface area contributed by atoms with Gasteiger partial charge in [-0.1, -0.05) is 50.6 Å². The zero-order valence-corrected chi connectivity index (χ0v) is 25.7. The molecule has 0 saturated carbocycles. The maximum absolute atomic E-state index is 13.6. The van der Waals surface area contributed by atoms with Gasteiger partial charge in [0, 0.05) is 35.9 Å². The van der Waals surface area contributed by atoms with Crippen LogP contribution in [0.15, 0.2) is 40.9 Å². The van der Waals surface area contributed by atoms with Crippen molar-refractivity contribution in [3.8, 4) is 11.5 Å². The summed E-state index contributed by atoms with van der Waals surface area (Å²) < 4.78 is 36.7. The zero-order chi connectivity index (χ0) is 30.6. The van der Waals surface area contributed by atoms with Crippen LogP contribution in [0.4, 0.5) is 4.39 Å². The molecule has 1 unspecified atom stereocenters. The number of rotatable bonds is 17. The molecule has 2 aromatic carbocycles. The molecule has 0 amide bonds. The van der Waals surface area contributed by atoms with Crippen LogP contribution in [0.3, 0.4) is 0 Å². The van der Waals surface area contributed by atoms with Crippen molar-refractivity contribution in [1.82, 2.24) is 10.1 Å². The van der Waals surface area contributed by atoms with Gasteiger partial charge in [-0.05, 0) is 69.6 Å². The number of likely N-dealkylation sites (tertiary alicyclic amines) is 1. The Morgan fingerprint density at radius 3 is 2.49 bits per heavy atom. The number of Topliss-reactive ketones (excluding diaryl/α,β-unsaturated/α-hetero) is 1. The monoisotopic (exact) mass is 596 g/mol. The Hall–Kier alpha value is -3.46. The van der Waals surface area contributed by atoms with Crippen molar-refractivity contribution in [3.05, 3.63) is 53.5 Å². The second kappa shape index (κ2) is 16.4. The van der Waals surface area contributed by atoms with Gasteiger partial charge >= 0.3 is 5.97 Å². The number of ether oxygens (including phenoxy) is 3. The van der Waals surface area contributed by atoms with Crippen LogP contribution in [-0.2, 0) is 9.53 Å². The quantitative estimate of drug-likeness (QED) is 0.0899. The minimum absolute atomic E-state index is 0.0593. The third-order valence-corrected chi connectivity index (χ3v) is 8.17. The summed E-state index contributed by atoms with van der Waals surface area (Å²) in [7, 11) is 1.53. The number of hydrogen-bond acceptors (Lipinski definition) is 8. The van der Waals surface area contributed by atoms with Gasteiger partial charge in [-0.15, -0.1) is 0 Å². The van der Waals surface area contributed by atoms with Gasteiger partial charge in [-0.3, -0.25) is 14.5 Å². The molecule has 8 nitrogen and oxygen atoms in total. The molecule has 0 aliphatic carbocycles. The molecule has 1 saturated heterocycles. The van der Waals surface area contributed by atoms with Gasteiger partial charge in [0.1, 0.15) is 29.8 Å². The fourth-order valence-electron chi connectivity index (χ4n) is 5.68. The maximum atomic E-state index is 13.6. The number of fused-ring (bicyclic) bond motifs is 1. The second-order valence-electron chi connectivity index (χ2n) is 11.5. The van der Waals surface area contributed by atoms with E-state index in [4.69, 9.17) is 18.7 Å². The van der Waals surface area contributed by atoms with E-state index in [1.807, 2.05) is 0 Å². The van der Waals surface area contributed by atoms with Gasteiger partial charge in [-0.25, -0.2) is 4.39 Å². The molecular formula is C34H45FN2O6. The molecule has 234 valence electrons. The molecule has 43 heavy (non-hydrogen) atoms. The average molecular weight is 597 g/mol. The normalized spacial score (nSPS) is 15.0. The van der Waals surface area contributed by atoms with E-state index in [1.54, 1.807) is 24.3 Å². The van der Waals surface area contributed by atoms with E-state index in [2.05, 4.69) is 17.0 Å². The number of halogens is 1. The molecule has 2 heterocycles. The summed E-state index contributed by atoms with van der Waals surface area (Å²) in [5.74, 6) is 1.34. The zero-order valence-electron chi connectivity index (χ0n) is 25.7. The first-order chi connectivity index (χ1) is 20.9. The van der Waals surface area contributed by atoms with E-state index in [1.165, 1.54) is 51.8 Å². The summed E-state index contributed by atoms with van der Waals surface area (Å²) in [4.78, 5) is 26.9. The van der Waals surface area contributed by atoms with Gasteiger partial charge in [0.15, 0.2) is 17.3 Å². The molecule has 3 aromatic rings. The first-order valence-corrected chi connectivity index (χ1v) is 15.7. The highest BCUT2D eigenvalue weighted by atomic mass is 19.1. The Morgan fingerprint density at radius 2 is 1.77 bits per heavy atom. The van der Waals surface area contributed by atoms with Gasteiger partial charge in [0.2, 0.25) is 0 Å². The first-order valence-electron chi connectivity index (χ1n) is 15.7. The number of hydrogen-bond donors (Lipinski definition) is 0. The summed E-state index contributed by atoms with van der Waals surface area (Å²) in [5.41, 5.74) is 1.07. The summed E-state index contributed by atoms with van der Waals surface area (Å²) in [6.07, 6.45) is 9.54. The van der Waals surface area contributed by atoms with Crippen LogP contribution >= 0.6 is 0 Å². The summed E-state index contributed by atoms with van der Waals surface area (Å²) in [5, 5.41) is 4.91. The predicted molar refractivity (Wildman–Crippen MR) is 163 cm³/mol. The molecule has 0 N–H and O–H groups in total. The highest BCUT2D eigenvalue weighted by Crippen LogP contribution is 2.34. The first kappa shape index (κ1) is 32.5. The van der Waals surface area contributed by atoms with Gasteiger partial charge in [-0.2, -0.15) is 0 Å². The number of benzene rings is 2.